The molecule has 8 heteroatoms. The molecule has 0 aromatic heterocycles. The standard InChI is InChI=1S/C23H31N3O4S/c1-3-15-25-31(28,29)23(18-9-5-4-6-10-18,19-13-16-24-17-14-19)26-22(27)20-11-7-8-12-21(20)30-2/h4-12,19,24-25H,3,13-17H2,1-2H3,(H,26,27). The van der Waals surface area contributed by atoms with Crippen molar-refractivity contribution < 1.29 is 17.9 Å². The Labute approximate surface area is 184 Å². The van der Waals surface area contributed by atoms with Crippen LogP contribution in [0.3, 0.4) is 0 Å². The van der Waals surface area contributed by atoms with Gasteiger partial charge in [-0.1, -0.05) is 49.4 Å². The summed E-state index contributed by atoms with van der Waals surface area (Å²) in [5.74, 6) is -0.392. The molecule has 1 unspecified atom stereocenters. The molecule has 0 aliphatic carbocycles. The van der Waals surface area contributed by atoms with Gasteiger partial charge in [-0.15, -0.1) is 0 Å². The van der Waals surface area contributed by atoms with Crippen molar-refractivity contribution in [1.82, 2.24) is 15.4 Å². The Bertz CT molecular complexity index is 975. The number of carbonyl (C=O) groups is 1. The van der Waals surface area contributed by atoms with E-state index in [4.69, 9.17) is 4.74 Å². The summed E-state index contributed by atoms with van der Waals surface area (Å²) >= 11 is 0. The number of hydrogen-bond donors (Lipinski definition) is 3. The Balaban J connectivity index is 2.17. The minimum atomic E-state index is -3.97. The van der Waals surface area contributed by atoms with Crippen LogP contribution in [0.15, 0.2) is 54.6 Å². The van der Waals surface area contributed by atoms with Crippen LogP contribution in [-0.4, -0.2) is 41.1 Å². The molecule has 0 saturated carbocycles. The number of carbonyl (C=O) groups excluding carboxylic acids is 1. The number of para-hydroxylation sites is 1. The first-order chi connectivity index (χ1) is 15.0. The first-order valence-corrected chi connectivity index (χ1v) is 12.2. The number of hydrogen-bond acceptors (Lipinski definition) is 5. The average Bonchev–Trinajstić information content (AvgIpc) is 2.82. The highest BCUT2D eigenvalue weighted by Gasteiger charge is 2.53. The number of amides is 1. The lowest BCUT2D eigenvalue weighted by Crippen LogP contribution is -2.61. The molecule has 3 rings (SSSR count). The Hall–Kier alpha value is -2.42. The lowest BCUT2D eigenvalue weighted by atomic mass is 9.85. The zero-order chi connectivity index (χ0) is 22.3. The third kappa shape index (κ3) is 4.76. The first-order valence-electron chi connectivity index (χ1n) is 10.7. The molecule has 1 fully saturated rings. The predicted octanol–water partition coefficient (Wildman–Crippen LogP) is 2.61. The molecular formula is C23H31N3O4S. The second kappa shape index (κ2) is 10.3. The molecule has 168 valence electrons. The number of rotatable bonds is 9. The third-order valence-electron chi connectivity index (χ3n) is 5.73. The molecule has 0 bridgehead atoms. The van der Waals surface area contributed by atoms with E-state index in [-0.39, 0.29) is 5.92 Å². The fourth-order valence-electron chi connectivity index (χ4n) is 4.18. The molecular weight excluding hydrogens is 414 g/mol. The van der Waals surface area contributed by atoms with Crippen LogP contribution in [0.1, 0.15) is 42.1 Å². The van der Waals surface area contributed by atoms with Crippen molar-refractivity contribution in [3.8, 4) is 5.75 Å². The topological polar surface area (TPSA) is 96.5 Å². The summed E-state index contributed by atoms with van der Waals surface area (Å²) in [6, 6.07) is 15.8. The average molecular weight is 446 g/mol. The molecule has 1 heterocycles. The summed E-state index contributed by atoms with van der Waals surface area (Å²) in [5, 5.41) is 6.25. The molecule has 2 aromatic rings. The molecule has 7 nitrogen and oxygen atoms in total. The van der Waals surface area contributed by atoms with Crippen LogP contribution in [0.25, 0.3) is 0 Å². The van der Waals surface area contributed by atoms with Gasteiger partial charge < -0.3 is 15.4 Å². The third-order valence-corrected chi connectivity index (χ3v) is 7.84. The Kier molecular flexibility index (Phi) is 7.69. The minimum Gasteiger partial charge on any atom is -0.496 e. The highest BCUT2D eigenvalue weighted by atomic mass is 32.2. The van der Waals surface area contributed by atoms with Crippen LogP contribution >= 0.6 is 0 Å². The van der Waals surface area contributed by atoms with Crippen molar-refractivity contribution in [3.05, 3.63) is 65.7 Å². The molecule has 0 radical (unpaired) electrons. The van der Waals surface area contributed by atoms with E-state index in [2.05, 4.69) is 15.4 Å². The Morgan fingerprint density at radius 3 is 2.39 bits per heavy atom. The number of piperidine rings is 1. The van der Waals surface area contributed by atoms with Crippen LogP contribution in [0, 0.1) is 5.92 Å². The largest absolute Gasteiger partial charge is 0.496 e. The summed E-state index contributed by atoms with van der Waals surface area (Å²) in [6.07, 6.45) is 1.89. The van der Waals surface area contributed by atoms with Gasteiger partial charge in [-0.2, -0.15) is 0 Å². The van der Waals surface area contributed by atoms with E-state index in [1.807, 2.05) is 13.0 Å². The smallest absolute Gasteiger partial charge is 0.256 e. The Morgan fingerprint density at radius 1 is 1.10 bits per heavy atom. The molecule has 1 saturated heterocycles. The number of sulfonamides is 1. The monoisotopic (exact) mass is 445 g/mol. The van der Waals surface area contributed by atoms with Gasteiger partial charge in [0.2, 0.25) is 10.0 Å². The number of benzene rings is 2. The van der Waals surface area contributed by atoms with E-state index in [0.717, 1.165) is 0 Å². The van der Waals surface area contributed by atoms with Crippen molar-refractivity contribution >= 4 is 15.9 Å². The second-order valence-corrected chi connectivity index (χ2v) is 9.62. The van der Waals surface area contributed by atoms with Gasteiger partial charge in [0.25, 0.3) is 5.91 Å². The number of ether oxygens (including phenoxy) is 1. The molecule has 31 heavy (non-hydrogen) atoms. The van der Waals surface area contributed by atoms with Crippen molar-refractivity contribution in [2.45, 2.75) is 31.1 Å². The van der Waals surface area contributed by atoms with E-state index >= 15 is 0 Å². The van der Waals surface area contributed by atoms with Gasteiger partial charge in [0, 0.05) is 12.5 Å². The number of methoxy groups -OCH3 is 1. The molecule has 2 aromatic carbocycles. The molecule has 1 atom stereocenters. The summed E-state index contributed by atoms with van der Waals surface area (Å²) in [5.41, 5.74) is 0.846. The summed E-state index contributed by atoms with van der Waals surface area (Å²) in [7, 11) is -2.48. The van der Waals surface area contributed by atoms with Gasteiger partial charge in [-0.05, 0) is 50.0 Å². The Morgan fingerprint density at radius 2 is 1.74 bits per heavy atom. The maximum absolute atomic E-state index is 13.9. The quantitative estimate of drug-likeness (QED) is 0.551. The molecule has 3 N–H and O–H groups in total. The first kappa shape index (κ1) is 23.2. The number of nitrogens with one attached hydrogen (secondary N) is 3. The van der Waals surface area contributed by atoms with Gasteiger partial charge in [-0.25, -0.2) is 13.1 Å². The molecule has 1 aliphatic heterocycles. The van der Waals surface area contributed by atoms with Gasteiger partial charge in [-0.3, -0.25) is 4.79 Å². The van der Waals surface area contributed by atoms with Gasteiger partial charge >= 0.3 is 0 Å². The molecule has 1 amide bonds. The predicted molar refractivity (Wildman–Crippen MR) is 121 cm³/mol. The van der Waals surface area contributed by atoms with E-state index in [9.17, 15) is 13.2 Å². The second-order valence-electron chi connectivity index (χ2n) is 7.68. The van der Waals surface area contributed by atoms with Crippen LogP contribution < -0.4 is 20.1 Å². The van der Waals surface area contributed by atoms with Crippen LogP contribution in [0.4, 0.5) is 0 Å². The zero-order valence-electron chi connectivity index (χ0n) is 18.1. The molecule has 0 spiro atoms. The van der Waals surface area contributed by atoms with Gasteiger partial charge in [0.1, 0.15) is 5.75 Å². The van der Waals surface area contributed by atoms with Crippen LogP contribution in [0.2, 0.25) is 0 Å². The van der Waals surface area contributed by atoms with Crippen molar-refractivity contribution in [2.24, 2.45) is 5.92 Å². The van der Waals surface area contributed by atoms with Crippen molar-refractivity contribution in [2.75, 3.05) is 26.7 Å². The fraction of sp³-hybridized carbons (Fsp3) is 0.435. The highest BCUT2D eigenvalue weighted by Crippen LogP contribution is 2.40. The SMILES string of the molecule is CCCNS(=O)(=O)C(NC(=O)c1ccccc1OC)(c1ccccc1)C1CCNCC1. The summed E-state index contributed by atoms with van der Waals surface area (Å²) < 4.78 is 35.8. The van der Waals surface area contributed by atoms with Crippen molar-refractivity contribution in [3.63, 3.8) is 0 Å². The lowest BCUT2D eigenvalue weighted by Gasteiger charge is -2.43. The lowest BCUT2D eigenvalue weighted by molar-refractivity contribution is 0.0886. The van der Waals surface area contributed by atoms with Crippen LogP contribution in [-0.2, 0) is 14.9 Å². The maximum atomic E-state index is 13.9. The normalized spacial score (nSPS) is 17.0. The minimum absolute atomic E-state index is 0.296. The van der Waals surface area contributed by atoms with Crippen LogP contribution in [0.5, 0.6) is 5.75 Å². The van der Waals surface area contributed by atoms with E-state index in [1.165, 1.54) is 7.11 Å². The van der Waals surface area contributed by atoms with Gasteiger partial charge in [0.15, 0.2) is 4.87 Å². The fourth-order valence-corrected chi connectivity index (χ4v) is 6.23. The summed E-state index contributed by atoms with van der Waals surface area (Å²) in [4.78, 5) is 11.9. The van der Waals surface area contributed by atoms with E-state index in [0.29, 0.717) is 55.8 Å². The van der Waals surface area contributed by atoms with Crippen molar-refractivity contribution in [1.29, 1.82) is 0 Å². The van der Waals surface area contributed by atoms with E-state index < -0.39 is 20.8 Å². The highest BCUT2D eigenvalue weighted by molar-refractivity contribution is 7.90. The summed E-state index contributed by atoms with van der Waals surface area (Å²) in [6.45, 7) is 3.58. The van der Waals surface area contributed by atoms with E-state index in [1.54, 1.807) is 48.5 Å². The molecule has 1 aliphatic rings. The van der Waals surface area contributed by atoms with Gasteiger partial charge in [0.05, 0.1) is 12.7 Å². The zero-order valence-corrected chi connectivity index (χ0v) is 18.9. The maximum Gasteiger partial charge on any atom is 0.256 e.